The Morgan fingerprint density at radius 3 is 2.68 bits per heavy atom. The number of benzene rings is 1. The number of carbonyl (C=O) groups is 3. The number of nitrogen functional groups attached to an aromatic ring is 1. The van der Waals surface area contributed by atoms with Crippen molar-refractivity contribution in [3.8, 4) is 5.75 Å². The average molecular weight is 642 g/mol. The molecule has 0 unspecified atom stereocenters. The quantitative estimate of drug-likeness (QED) is 0.308. The Morgan fingerprint density at radius 2 is 2.00 bits per heavy atom. The molecule has 2 aromatic heterocycles. The van der Waals surface area contributed by atoms with E-state index in [1.807, 2.05) is 4.57 Å². The number of anilines is 3. The molecule has 2 heterocycles. The first-order valence-corrected chi connectivity index (χ1v) is 15.5. The highest BCUT2D eigenvalue weighted by atomic mass is 79.9. The Labute approximate surface area is 250 Å². The molecular weight excluding hydrogens is 608 g/mol. The lowest BCUT2D eigenvalue weighted by atomic mass is 9.91. The molecule has 12 heteroatoms. The van der Waals surface area contributed by atoms with Gasteiger partial charge in [0.2, 0.25) is 5.91 Å². The van der Waals surface area contributed by atoms with Crippen molar-refractivity contribution in [2.75, 3.05) is 36.7 Å². The van der Waals surface area contributed by atoms with Crippen LogP contribution in [0.5, 0.6) is 5.75 Å². The maximum absolute atomic E-state index is 13.4. The van der Waals surface area contributed by atoms with E-state index >= 15 is 0 Å². The largest absolute Gasteiger partial charge is 0.497 e. The summed E-state index contributed by atoms with van der Waals surface area (Å²) in [5.41, 5.74) is 8.89. The Hall–Kier alpha value is -3.38. The number of nitrogens with two attached hydrogens (primary N) is 1. The first kappa shape index (κ1) is 27.8. The number of nitrogens with one attached hydrogen (secondary N) is 2. The number of nitrogens with zero attached hydrogens (tertiary/aromatic N) is 3. The lowest BCUT2D eigenvalue weighted by Gasteiger charge is -2.25. The van der Waals surface area contributed by atoms with Crippen molar-refractivity contribution in [3.63, 3.8) is 0 Å². The van der Waals surface area contributed by atoms with Crippen molar-refractivity contribution in [1.82, 2.24) is 14.9 Å². The van der Waals surface area contributed by atoms with E-state index in [-0.39, 0.29) is 41.2 Å². The summed E-state index contributed by atoms with van der Waals surface area (Å²) in [6.45, 7) is 0.653. The van der Waals surface area contributed by atoms with Crippen LogP contribution in [-0.2, 0) is 17.6 Å². The lowest BCUT2D eigenvalue weighted by Crippen LogP contribution is -2.29. The molecular formula is C29H33BrN6O4S. The van der Waals surface area contributed by atoms with Gasteiger partial charge in [-0.15, -0.1) is 11.3 Å². The number of thiophene rings is 1. The molecule has 0 aliphatic heterocycles. The van der Waals surface area contributed by atoms with Gasteiger partial charge in [0, 0.05) is 34.9 Å². The van der Waals surface area contributed by atoms with Crippen LogP contribution < -0.4 is 26.0 Å². The van der Waals surface area contributed by atoms with E-state index in [0.29, 0.717) is 45.4 Å². The molecule has 3 amide bonds. The first-order chi connectivity index (χ1) is 19.7. The van der Waals surface area contributed by atoms with E-state index in [1.54, 1.807) is 38.7 Å². The van der Waals surface area contributed by atoms with Crippen molar-refractivity contribution in [2.24, 2.45) is 11.8 Å². The van der Waals surface area contributed by atoms with Crippen LogP contribution in [0.3, 0.4) is 0 Å². The molecule has 3 aromatic rings. The standard InChI is InChI=1S/C29H33BrN6O4S/c1-35(21-9-8-18(40-2)12-20(21)30)29(39)24-25(31)36(14-33-24)17-7-10-22-19(11-17)23(27(38)32-13-15-3-4-15)28(41-22)34-26(37)16-5-6-16/h8-9,12,14-17H,3-7,10-11,13,31H2,1-2H3,(H,32,38)(H,34,37)/t17-/m0/s1. The Morgan fingerprint density at radius 1 is 1.22 bits per heavy atom. The van der Waals surface area contributed by atoms with Crippen molar-refractivity contribution >= 4 is 61.5 Å². The number of rotatable bonds is 9. The van der Waals surface area contributed by atoms with Crippen LogP contribution in [-0.4, -0.2) is 48.0 Å². The molecule has 0 spiro atoms. The molecule has 0 radical (unpaired) electrons. The summed E-state index contributed by atoms with van der Waals surface area (Å²) in [6, 6.07) is 5.29. The van der Waals surface area contributed by atoms with Gasteiger partial charge < -0.3 is 30.6 Å². The summed E-state index contributed by atoms with van der Waals surface area (Å²) < 4.78 is 7.81. The van der Waals surface area contributed by atoms with Crippen LogP contribution >= 0.6 is 27.3 Å². The third kappa shape index (κ3) is 5.59. The van der Waals surface area contributed by atoms with Crippen LogP contribution in [0.25, 0.3) is 0 Å². The number of carbonyl (C=O) groups excluding carboxylic acids is 3. The van der Waals surface area contributed by atoms with Crippen molar-refractivity contribution in [1.29, 1.82) is 0 Å². The minimum Gasteiger partial charge on any atom is -0.497 e. The lowest BCUT2D eigenvalue weighted by molar-refractivity contribution is -0.117. The smallest absolute Gasteiger partial charge is 0.280 e. The molecule has 216 valence electrons. The van der Waals surface area contributed by atoms with E-state index in [1.165, 1.54) is 16.2 Å². The number of ether oxygens (including phenoxy) is 1. The zero-order valence-corrected chi connectivity index (χ0v) is 25.4. The second kappa shape index (κ2) is 11.1. The average Bonchev–Trinajstić information content (AvgIpc) is 3.90. The Kier molecular flexibility index (Phi) is 7.54. The maximum Gasteiger partial charge on any atom is 0.280 e. The molecule has 3 aliphatic rings. The van der Waals surface area contributed by atoms with Gasteiger partial charge in [-0.3, -0.25) is 14.4 Å². The summed E-state index contributed by atoms with van der Waals surface area (Å²) in [7, 11) is 3.26. The van der Waals surface area contributed by atoms with Crippen LogP contribution in [0, 0.1) is 11.8 Å². The Balaban J connectivity index is 1.24. The number of aromatic nitrogens is 2. The van der Waals surface area contributed by atoms with E-state index in [4.69, 9.17) is 10.5 Å². The van der Waals surface area contributed by atoms with Crippen LogP contribution in [0.2, 0.25) is 0 Å². The van der Waals surface area contributed by atoms with Gasteiger partial charge in [-0.2, -0.15) is 0 Å². The van der Waals surface area contributed by atoms with Crippen LogP contribution in [0.4, 0.5) is 16.5 Å². The summed E-state index contributed by atoms with van der Waals surface area (Å²) >= 11 is 5.02. The Bertz CT molecular complexity index is 1530. The molecule has 6 rings (SSSR count). The predicted molar refractivity (Wildman–Crippen MR) is 162 cm³/mol. The number of amides is 3. The summed E-state index contributed by atoms with van der Waals surface area (Å²) in [5.74, 6) is 1.08. The van der Waals surface area contributed by atoms with Gasteiger partial charge in [-0.25, -0.2) is 4.98 Å². The highest BCUT2D eigenvalue weighted by molar-refractivity contribution is 9.10. The highest BCUT2D eigenvalue weighted by Gasteiger charge is 2.35. The summed E-state index contributed by atoms with van der Waals surface area (Å²) in [6.07, 6.45) is 7.77. The summed E-state index contributed by atoms with van der Waals surface area (Å²) in [4.78, 5) is 46.5. The van der Waals surface area contributed by atoms with Crippen molar-refractivity contribution < 1.29 is 19.1 Å². The fourth-order valence-corrected chi connectivity index (χ4v) is 7.19. The number of methoxy groups -OCH3 is 1. The van der Waals surface area contributed by atoms with E-state index in [9.17, 15) is 14.4 Å². The minimum atomic E-state index is -0.329. The van der Waals surface area contributed by atoms with Gasteiger partial charge in [-0.1, -0.05) is 0 Å². The number of imidazole rings is 1. The van der Waals surface area contributed by atoms with Crippen molar-refractivity contribution in [2.45, 2.75) is 51.0 Å². The third-order valence-electron chi connectivity index (χ3n) is 8.14. The highest BCUT2D eigenvalue weighted by Crippen LogP contribution is 2.43. The zero-order chi connectivity index (χ0) is 28.8. The van der Waals surface area contributed by atoms with E-state index in [2.05, 4.69) is 31.5 Å². The molecule has 1 aromatic carbocycles. The number of halogens is 1. The fourth-order valence-electron chi connectivity index (χ4n) is 5.32. The van der Waals surface area contributed by atoms with E-state index < -0.39 is 0 Å². The molecule has 0 saturated heterocycles. The zero-order valence-electron chi connectivity index (χ0n) is 23.0. The number of hydrogen-bond donors (Lipinski definition) is 3. The van der Waals surface area contributed by atoms with Gasteiger partial charge in [0.05, 0.1) is 24.7 Å². The minimum absolute atomic E-state index is 0.00832. The predicted octanol–water partition coefficient (Wildman–Crippen LogP) is 4.79. The third-order valence-corrected chi connectivity index (χ3v) is 9.99. The molecule has 10 nitrogen and oxygen atoms in total. The maximum atomic E-state index is 13.4. The molecule has 2 saturated carbocycles. The fraction of sp³-hybridized carbons (Fsp3) is 0.448. The summed E-state index contributed by atoms with van der Waals surface area (Å²) in [5, 5.41) is 6.78. The number of fused-ring (bicyclic) bond motifs is 1. The van der Waals surface area contributed by atoms with Gasteiger partial charge in [0.25, 0.3) is 11.8 Å². The second-order valence-corrected chi connectivity index (χ2v) is 13.0. The first-order valence-electron chi connectivity index (χ1n) is 13.9. The monoisotopic (exact) mass is 640 g/mol. The van der Waals surface area contributed by atoms with Gasteiger partial charge in [0.1, 0.15) is 16.6 Å². The number of hydrogen-bond acceptors (Lipinski definition) is 7. The normalized spacial score (nSPS) is 18.0. The van der Waals surface area contributed by atoms with Crippen molar-refractivity contribution in [3.05, 3.63) is 50.7 Å². The van der Waals surface area contributed by atoms with Gasteiger partial charge >= 0.3 is 0 Å². The molecule has 1 atom stereocenters. The van der Waals surface area contributed by atoms with Gasteiger partial charge in [0.15, 0.2) is 5.69 Å². The number of aryl methyl sites for hydroxylation is 1. The molecule has 0 bridgehead atoms. The topological polar surface area (TPSA) is 132 Å². The molecule has 4 N–H and O–H groups in total. The molecule has 2 fully saturated rings. The van der Waals surface area contributed by atoms with Crippen LogP contribution in [0.1, 0.15) is 69.4 Å². The van der Waals surface area contributed by atoms with Crippen LogP contribution in [0.15, 0.2) is 29.0 Å². The second-order valence-electron chi connectivity index (χ2n) is 11.1. The molecule has 3 aliphatic carbocycles. The van der Waals surface area contributed by atoms with Gasteiger partial charge in [-0.05, 0) is 90.6 Å². The van der Waals surface area contributed by atoms with E-state index in [0.717, 1.165) is 49.0 Å². The molecule has 41 heavy (non-hydrogen) atoms. The SMILES string of the molecule is COc1ccc(N(C)C(=O)c2ncn([C@H]3CCc4sc(NC(=O)C5CC5)c(C(=O)NCC5CC5)c4C3)c2N)c(Br)c1.